The van der Waals surface area contributed by atoms with Gasteiger partial charge in [-0.2, -0.15) is 0 Å². The van der Waals surface area contributed by atoms with Gasteiger partial charge in [-0.3, -0.25) is 0 Å². The Morgan fingerprint density at radius 3 is 1.42 bits per heavy atom. The lowest BCUT2D eigenvalue weighted by Gasteiger charge is -2.15. The van der Waals surface area contributed by atoms with Crippen LogP contribution in [-0.2, 0) is 0 Å². The predicted molar refractivity (Wildman–Crippen MR) is 225 cm³/mol. The van der Waals surface area contributed by atoms with Crippen molar-refractivity contribution < 1.29 is 0 Å². The van der Waals surface area contributed by atoms with Gasteiger partial charge in [0.15, 0.2) is 0 Å². The van der Waals surface area contributed by atoms with Crippen LogP contribution in [0.3, 0.4) is 0 Å². The highest BCUT2D eigenvalue weighted by molar-refractivity contribution is 5.94. The molecule has 0 radical (unpaired) electrons. The molecule has 0 aliphatic carbocycles. The zero-order valence-electron chi connectivity index (χ0n) is 30.7. The number of anilines is 2. The van der Waals surface area contributed by atoms with Crippen LogP contribution in [0.15, 0.2) is 164 Å². The molecule has 0 amide bonds. The van der Waals surface area contributed by atoms with E-state index in [1.165, 1.54) is 77.9 Å². The smallest absolute Gasteiger partial charge is 0.0387 e. The number of hydrogen-bond acceptors (Lipinski definition) is 1. The van der Waals surface area contributed by atoms with Crippen molar-refractivity contribution >= 4 is 34.7 Å². The van der Waals surface area contributed by atoms with E-state index in [9.17, 15) is 0 Å². The molecule has 7 aromatic carbocycles. The lowest BCUT2D eigenvalue weighted by Crippen LogP contribution is -1.94. The van der Waals surface area contributed by atoms with Gasteiger partial charge in [0.25, 0.3) is 0 Å². The van der Waals surface area contributed by atoms with E-state index in [0.717, 1.165) is 16.9 Å². The van der Waals surface area contributed by atoms with E-state index in [-0.39, 0.29) is 0 Å². The van der Waals surface area contributed by atoms with E-state index in [1.54, 1.807) is 0 Å². The summed E-state index contributed by atoms with van der Waals surface area (Å²) in [5.41, 5.74) is 20.7. The second-order valence-corrected chi connectivity index (χ2v) is 13.9. The van der Waals surface area contributed by atoms with Crippen LogP contribution in [0.4, 0.5) is 11.4 Å². The highest BCUT2D eigenvalue weighted by atomic mass is 14.9. The molecule has 0 heterocycles. The summed E-state index contributed by atoms with van der Waals surface area (Å²) in [4.78, 5) is 0. The predicted octanol–water partition coefficient (Wildman–Crippen LogP) is 13.8. The van der Waals surface area contributed by atoms with Gasteiger partial charge < -0.3 is 5.32 Å². The molecule has 0 aliphatic rings. The molecular weight excluding hydrogens is 627 g/mol. The molecule has 254 valence electrons. The summed E-state index contributed by atoms with van der Waals surface area (Å²) < 4.78 is 0. The van der Waals surface area contributed by atoms with Gasteiger partial charge in [0, 0.05) is 11.4 Å². The average molecular weight is 672 g/mol. The SMILES string of the molecule is Cc1ccc(C(=Cc2ccc(-c3ccc(C(=Cc4ccc(Nc5ccc(C)c(C)c5)cc4)c4ccccc4)c(C)c3)cc2)c2ccccc2)c(C)c1. The molecule has 0 saturated carbocycles. The normalized spacial score (nSPS) is 11.8. The van der Waals surface area contributed by atoms with Gasteiger partial charge in [-0.1, -0.05) is 145 Å². The minimum Gasteiger partial charge on any atom is -0.356 e. The van der Waals surface area contributed by atoms with Gasteiger partial charge in [-0.25, -0.2) is 0 Å². The van der Waals surface area contributed by atoms with Gasteiger partial charge in [0.2, 0.25) is 0 Å². The third kappa shape index (κ3) is 7.90. The van der Waals surface area contributed by atoms with Crippen LogP contribution in [0.1, 0.15) is 61.2 Å². The number of hydrogen-bond donors (Lipinski definition) is 1. The first-order valence-electron chi connectivity index (χ1n) is 18.1. The summed E-state index contributed by atoms with van der Waals surface area (Å²) in [7, 11) is 0. The summed E-state index contributed by atoms with van der Waals surface area (Å²) in [6.07, 6.45) is 4.62. The van der Waals surface area contributed by atoms with Crippen LogP contribution in [-0.4, -0.2) is 0 Å². The van der Waals surface area contributed by atoms with Crippen LogP contribution in [0.5, 0.6) is 0 Å². The highest BCUT2D eigenvalue weighted by Crippen LogP contribution is 2.33. The van der Waals surface area contributed by atoms with Gasteiger partial charge in [0.05, 0.1) is 0 Å². The Bertz CT molecular complexity index is 2380. The van der Waals surface area contributed by atoms with Crippen LogP contribution in [0.25, 0.3) is 34.4 Å². The Kier molecular flexibility index (Phi) is 10.1. The molecule has 0 aromatic heterocycles. The van der Waals surface area contributed by atoms with Crippen molar-refractivity contribution in [3.8, 4) is 11.1 Å². The zero-order chi connectivity index (χ0) is 36.0. The summed E-state index contributed by atoms with van der Waals surface area (Å²) in [5, 5.41) is 3.55. The largest absolute Gasteiger partial charge is 0.356 e. The molecule has 0 aliphatic heterocycles. The number of nitrogens with one attached hydrogen (secondary N) is 1. The fourth-order valence-corrected chi connectivity index (χ4v) is 6.88. The molecule has 0 spiro atoms. The lowest BCUT2D eigenvalue weighted by atomic mass is 9.90. The quantitative estimate of drug-likeness (QED) is 0.151. The van der Waals surface area contributed by atoms with Gasteiger partial charge in [-0.15, -0.1) is 0 Å². The first-order chi connectivity index (χ1) is 25.3. The molecule has 0 bridgehead atoms. The first kappa shape index (κ1) is 34.3. The van der Waals surface area contributed by atoms with E-state index >= 15 is 0 Å². The number of aryl methyl sites for hydroxylation is 5. The van der Waals surface area contributed by atoms with Crippen molar-refractivity contribution in [2.75, 3.05) is 5.32 Å². The first-order valence-corrected chi connectivity index (χ1v) is 18.1. The zero-order valence-corrected chi connectivity index (χ0v) is 30.7. The molecule has 0 atom stereocenters. The minimum absolute atomic E-state index is 1.07. The molecule has 1 nitrogen and oxygen atoms in total. The van der Waals surface area contributed by atoms with Crippen molar-refractivity contribution in [3.63, 3.8) is 0 Å². The van der Waals surface area contributed by atoms with Crippen molar-refractivity contribution in [2.24, 2.45) is 0 Å². The molecule has 0 unspecified atom stereocenters. The van der Waals surface area contributed by atoms with E-state index in [2.05, 4.69) is 216 Å². The topological polar surface area (TPSA) is 12.0 Å². The van der Waals surface area contributed by atoms with Crippen molar-refractivity contribution in [3.05, 3.63) is 225 Å². The van der Waals surface area contributed by atoms with Crippen LogP contribution >= 0.6 is 0 Å². The van der Waals surface area contributed by atoms with E-state index in [4.69, 9.17) is 0 Å². The van der Waals surface area contributed by atoms with Crippen LogP contribution < -0.4 is 5.32 Å². The molecule has 52 heavy (non-hydrogen) atoms. The van der Waals surface area contributed by atoms with E-state index in [0.29, 0.717) is 0 Å². The van der Waals surface area contributed by atoms with Gasteiger partial charge in [-0.05, 0) is 149 Å². The highest BCUT2D eigenvalue weighted by Gasteiger charge is 2.12. The second kappa shape index (κ2) is 15.4. The lowest BCUT2D eigenvalue weighted by molar-refractivity contribution is 1.34. The fraction of sp³-hybridized carbons (Fsp3) is 0.0980. The van der Waals surface area contributed by atoms with Crippen LogP contribution in [0, 0.1) is 34.6 Å². The molecule has 1 N–H and O–H groups in total. The van der Waals surface area contributed by atoms with Crippen molar-refractivity contribution in [1.29, 1.82) is 0 Å². The maximum Gasteiger partial charge on any atom is 0.0387 e. The molecular formula is C51H45N. The average Bonchev–Trinajstić information content (AvgIpc) is 3.16. The van der Waals surface area contributed by atoms with Crippen LogP contribution in [0.2, 0.25) is 0 Å². The fourth-order valence-electron chi connectivity index (χ4n) is 6.88. The molecule has 7 aromatic rings. The standard InChI is InChI=1S/C51H45N/c1-35-16-28-48(38(4)30-35)50(43-12-8-6-9-13-43)33-40-18-22-42(23-19-40)45-24-29-49(39(5)31-45)51(44-14-10-7-11-15-44)34-41-20-26-46(27-21-41)52-47-25-17-36(2)37(3)32-47/h6-34,52H,1-5H3. The Morgan fingerprint density at radius 2 is 0.885 bits per heavy atom. The summed E-state index contributed by atoms with van der Waals surface area (Å²) >= 11 is 0. The summed E-state index contributed by atoms with van der Waals surface area (Å²) in [6.45, 7) is 10.9. The third-order valence-corrected chi connectivity index (χ3v) is 9.93. The monoisotopic (exact) mass is 671 g/mol. The van der Waals surface area contributed by atoms with Gasteiger partial charge in [0.1, 0.15) is 0 Å². The summed E-state index contributed by atoms with van der Waals surface area (Å²) in [6, 6.07) is 59.1. The molecule has 0 fully saturated rings. The van der Waals surface area contributed by atoms with Gasteiger partial charge >= 0.3 is 0 Å². The Balaban J connectivity index is 1.17. The van der Waals surface area contributed by atoms with E-state index in [1.807, 2.05) is 0 Å². The third-order valence-electron chi connectivity index (χ3n) is 9.93. The van der Waals surface area contributed by atoms with E-state index < -0.39 is 0 Å². The Hall–Kier alpha value is -6.18. The Morgan fingerprint density at radius 1 is 0.385 bits per heavy atom. The molecule has 0 saturated heterocycles. The second-order valence-electron chi connectivity index (χ2n) is 13.9. The molecule has 7 rings (SSSR count). The molecule has 1 heteroatoms. The maximum atomic E-state index is 3.55. The van der Waals surface area contributed by atoms with Crippen molar-refractivity contribution in [1.82, 2.24) is 0 Å². The Labute approximate surface area is 309 Å². The minimum atomic E-state index is 1.07. The maximum absolute atomic E-state index is 3.55. The number of rotatable bonds is 9. The summed E-state index contributed by atoms with van der Waals surface area (Å²) in [5.74, 6) is 0. The van der Waals surface area contributed by atoms with Crippen molar-refractivity contribution in [2.45, 2.75) is 34.6 Å². The number of benzene rings is 7.